The Bertz CT molecular complexity index is 343. The van der Waals surface area contributed by atoms with Crippen molar-refractivity contribution in [2.24, 2.45) is 0 Å². The highest BCUT2D eigenvalue weighted by atomic mass is 35.5. The van der Waals surface area contributed by atoms with Crippen molar-refractivity contribution in [1.29, 1.82) is 0 Å². The highest BCUT2D eigenvalue weighted by molar-refractivity contribution is 7.80. The van der Waals surface area contributed by atoms with Gasteiger partial charge in [0, 0.05) is 0 Å². The molecule has 1 heterocycles. The summed E-state index contributed by atoms with van der Waals surface area (Å²) in [5.74, 6) is 5.89. The maximum absolute atomic E-state index is 9.01. The van der Waals surface area contributed by atoms with Crippen molar-refractivity contribution in [2.75, 3.05) is 5.75 Å². The second-order valence-corrected chi connectivity index (χ2v) is 2.64. The number of hydrogen-bond donors (Lipinski definition) is 2. The molecule has 1 rings (SSSR count). The molecule has 0 bridgehead atoms. The van der Waals surface area contributed by atoms with Crippen LogP contribution in [0, 0.1) is 11.8 Å². The fourth-order valence-electron chi connectivity index (χ4n) is 0.627. The number of halogens is 1. The molecule has 0 atom stereocenters. The van der Waals surface area contributed by atoms with Gasteiger partial charge in [0.05, 0.1) is 5.75 Å². The number of nitrogens with zero attached hydrogens (tertiary/aromatic N) is 1. The Morgan fingerprint density at radius 1 is 1.58 bits per heavy atom. The molecule has 0 aliphatic carbocycles. The third kappa shape index (κ3) is 2.33. The summed E-state index contributed by atoms with van der Waals surface area (Å²) in [4.78, 5) is 3.82. The Hall–Kier alpha value is -0.850. The van der Waals surface area contributed by atoms with Gasteiger partial charge in [-0.2, -0.15) is 12.6 Å². The van der Waals surface area contributed by atoms with E-state index in [4.69, 9.17) is 16.7 Å². The smallest absolute Gasteiger partial charge is 0.172 e. The van der Waals surface area contributed by atoms with Crippen LogP contribution in [0.25, 0.3) is 0 Å². The third-order valence-corrected chi connectivity index (χ3v) is 1.56. The van der Waals surface area contributed by atoms with Gasteiger partial charge >= 0.3 is 0 Å². The summed E-state index contributed by atoms with van der Waals surface area (Å²) in [6.45, 7) is 0. The molecule has 0 fully saturated rings. The average molecular weight is 200 g/mol. The summed E-state index contributed by atoms with van der Waals surface area (Å²) < 4.78 is 0. The lowest BCUT2D eigenvalue weighted by Gasteiger charge is -1.94. The van der Waals surface area contributed by atoms with Crippen molar-refractivity contribution < 1.29 is 5.11 Å². The summed E-state index contributed by atoms with van der Waals surface area (Å²) in [6, 6.07) is 3.05. The summed E-state index contributed by atoms with van der Waals surface area (Å²) >= 11 is 9.46. The molecule has 0 aliphatic rings. The van der Waals surface area contributed by atoms with Crippen LogP contribution in [0.1, 0.15) is 5.69 Å². The molecular weight excluding hydrogens is 194 g/mol. The highest BCUT2D eigenvalue weighted by Gasteiger charge is 1.98. The largest absolute Gasteiger partial charge is 0.505 e. The predicted octanol–water partition coefficient (Wildman–Crippen LogP) is 1.72. The van der Waals surface area contributed by atoms with Crippen molar-refractivity contribution in [1.82, 2.24) is 4.98 Å². The molecule has 1 aromatic rings. The van der Waals surface area contributed by atoms with Gasteiger partial charge in [0.25, 0.3) is 0 Å². The van der Waals surface area contributed by atoms with Crippen molar-refractivity contribution >= 4 is 24.2 Å². The first kappa shape index (κ1) is 9.24. The summed E-state index contributed by atoms with van der Waals surface area (Å²) in [5.41, 5.74) is 0.534. The van der Waals surface area contributed by atoms with E-state index in [2.05, 4.69) is 29.5 Å². The van der Waals surface area contributed by atoms with Crippen LogP contribution in [-0.2, 0) is 0 Å². The van der Waals surface area contributed by atoms with Gasteiger partial charge < -0.3 is 5.11 Å². The second-order valence-electron chi connectivity index (χ2n) is 1.97. The Morgan fingerprint density at radius 3 is 2.92 bits per heavy atom. The van der Waals surface area contributed by atoms with Gasteiger partial charge in [-0.15, -0.1) is 0 Å². The van der Waals surface area contributed by atoms with Crippen molar-refractivity contribution in [3.8, 4) is 17.6 Å². The summed E-state index contributed by atoms with van der Waals surface area (Å²) in [7, 11) is 0. The molecule has 2 nitrogen and oxygen atoms in total. The zero-order valence-corrected chi connectivity index (χ0v) is 7.73. The number of rotatable bonds is 0. The molecule has 1 aromatic heterocycles. The molecular formula is C8H6ClNOS. The molecule has 4 heteroatoms. The van der Waals surface area contributed by atoms with Gasteiger partial charge in [0.2, 0.25) is 0 Å². The van der Waals surface area contributed by atoms with E-state index in [1.807, 2.05) is 0 Å². The minimum Gasteiger partial charge on any atom is -0.505 e. The third-order valence-electron chi connectivity index (χ3n) is 1.12. The Kier molecular flexibility index (Phi) is 3.27. The van der Waals surface area contributed by atoms with Crippen LogP contribution in [0.4, 0.5) is 0 Å². The molecule has 0 saturated heterocycles. The highest BCUT2D eigenvalue weighted by Crippen LogP contribution is 2.19. The van der Waals surface area contributed by atoms with E-state index >= 15 is 0 Å². The van der Waals surface area contributed by atoms with Gasteiger partial charge in [-0.1, -0.05) is 17.5 Å². The number of thiol groups is 1. The van der Waals surface area contributed by atoms with Crippen LogP contribution in [0.5, 0.6) is 5.75 Å². The van der Waals surface area contributed by atoms with Gasteiger partial charge in [-0.3, -0.25) is 0 Å². The molecule has 0 spiro atoms. The first-order valence-electron chi connectivity index (χ1n) is 3.19. The van der Waals surface area contributed by atoms with Gasteiger partial charge in [-0.25, -0.2) is 4.98 Å². The fraction of sp³-hybridized carbons (Fsp3) is 0.125. The quantitative estimate of drug-likeness (QED) is 0.379. The zero-order valence-electron chi connectivity index (χ0n) is 6.08. The van der Waals surface area contributed by atoms with Gasteiger partial charge in [0.1, 0.15) is 5.69 Å². The number of pyridine rings is 1. The van der Waals surface area contributed by atoms with Crippen LogP contribution >= 0.6 is 24.2 Å². The van der Waals surface area contributed by atoms with Crippen molar-refractivity contribution in [3.05, 3.63) is 23.0 Å². The van der Waals surface area contributed by atoms with Crippen LogP contribution < -0.4 is 0 Å². The molecule has 0 aromatic carbocycles. The topological polar surface area (TPSA) is 33.1 Å². The number of hydrogen-bond acceptors (Lipinski definition) is 3. The van der Waals surface area contributed by atoms with E-state index in [0.717, 1.165) is 0 Å². The van der Waals surface area contributed by atoms with E-state index in [0.29, 0.717) is 11.4 Å². The van der Waals surface area contributed by atoms with Gasteiger partial charge in [0.15, 0.2) is 10.9 Å². The summed E-state index contributed by atoms with van der Waals surface area (Å²) in [5, 5.41) is 9.08. The van der Waals surface area contributed by atoms with Gasteiger partial charge in [-0.05, 0) is 18.1 Å². The molecule has 0 amide bonds. The maximum Gasteiger partial charge on any atom is 0.172 e. The van der Waals surface area contributed by atoms with Crippen LogP contribution in [0.3, 0.4) is 0 Å². The molecule has 0 unspecified atom stereocenters. The van der Waals surface area contributed by atoms with Crippen LogP contribution in [0.15, 0.2) is 12.1 Å². The minimum atomic E-state index is -0.0342. The summed E-state index contributed by atoms with van der Waals surface area (Å²) in [6.07, 6.45) is 0. The molecule has 0 aliphatic heterocycles. The molecule has 62 valence electrons. The van der Waals surface area contributed by atoms with E-state index < -0.39 is 0 Å². The lowest BCUT2D eigenvalue weighted by atomic mass is 10.3. The Morgan fingerprint density at radius 2 is 2.33 bits per heavy atom. The first-order valence-corrected chi connectivity index (χ1v) is 4.20. The number of aromatic hydroxyl groups is 1. The first-order chi connectivity index (χ1) is 5.74. The predicted molar refractivity (Wildman–Crippen MR) is 51.6 cm³/mol. The van der Waals surface area contributed by atoms with E-state index in [1.54, 1.807) is 6.07 Å². The maximum atomic E-state index is 9.01. The molecule has 0 saturated carbocycles. The monoisotopic (exact) mass is 199 g/mol. The second kappa shape index (κ2) is 4.24. The van der Waals surface area contributed by atoms with E-state index in [-0.39, 0.29) is 10.9 Å². The molecule has 1 N–H and O–H groups in total. The standard InChI is InChI=1S/C8H6ClNOS/c9-8-7(11)4-3-6(10-8)2-1-5-12/h3-4,11-12H,5H2. The van der Waals surface area contributed by atoms with E-state index in [1.165, 1.54) is 6.07 Å². The van der Waals surface area contributed by atoms with Crippen molar-refractivity contribution in [2.45, 2.75) is 0 Å². The van der Waals surface area contributed by atoms with Crippen LogP contribution in [0.2, 0.25) is 5.15 Å². The van der Waals surface area contributed by atoms with Crippen LogP contribution in [-0.4, -0.2) is 15.8 Å². The normalized spacial score (nSPS) is 8.83. The average Bonchev–Trinajstić information content (AvgIpc) is 2.07. The minimum absolute atomic E-state index is 0.0342. The molecule has 0 radical (unpaired) electrons. The lowest BCUT2D eigenvalue weighted by Crippen LogP contribution is -1.82. The van der Waals surface area contributed by atoms with Crippen molar-refractivity contribution in [3.63, 3.8) is 0 Å². The fourth-order valence-corrected chi connectivity index (χ4v) is 0.860. The SMILES string of the molecule is Oc1ccc(C#CCS)nc1Cl. The van der Waals surface area contributed by atoms with E-state index in [9.17, 15) is 0 Å². The Labute approximate surface area is 81.0 Å². The zero-order chi connectivity index (χ0) is 8.97. The molecule has 12 heavy (non-hydrogen) atoms. The lowest BCUT2D eigenvalue weighted by molar-refractivity contribution is 0.473. The number of aromatic nitrogens is 1. The Balaban J connectivity index is 2.97.